The number of ether oxygens (including phenoxy) is 1. The summed E-state index contributed by atoms with van der Waals surface area (Å²) in [5.41, 5.74) is 2.50. The zero-order valence-corrected chi connectivity index (χ0v) is 13.5. The average Bonchev–Trinajstić information content (AvgIpc) is 2.46. The summed E-state index contributed by atoms with van der Waals surface area (Å²) in [7, 11) is 0. The Kier molecular flexibility index (Phi) is 5.62. The van der Waals surface area contributed by atoms with Crippen molar-refractivity contribution < 1.29 is 4.74 Å². The normalized spacial score (nSPS) is 12.2. The van der Waals surface area contributed by atoms with Crippen molar-refractivity contribution >= 4 is 15.9 Å². The van der Waals surface area contributed by atoms with Crippen LogP contribution in [0.2, 0.25) is 0 Å². The van der Waals surface area contributed by atoms with E-state index in [9.17, 15) is 0 Å². The minimum absolute atomic E-state index is 0.202. The lowest BCUT2D eigenvalue weighted by molar-refractivity contribution is 0.340. The van der Waals surface area contributed by atoms with Crippen LogP contribution in [0.5, 0.6) is 5.75 Å². The van der Waals surface area contributed by atoms with Crippen molar-refractivity contribution in [3.63, 3.8) is 0 Å². The van der Waals surface area contributed by atoms with Crippen molar-refractivity contribution in [1.29, 1.82) is 0 Å². The molecule has 3 heteroatoms. The van der Waals surface area contributed by atoms with Crippen LogP contribution in [0.3, 0.4) is 0 Å². The molecule has 0 spiro atoms. The van der Waals surface area contributed by atoms with Crippen molar-refractivity contribution in [3.05, 3.63) is 64.1 Å². The SMILES string of the molecule is CCNC(c1ccc(OCC)cc1)c1cccc(Br)c1. The van der Waals surface area contributed by atoms with E-state index in [1.54, 1.807) is 0 Å². The standard InChI is InChI=1S/C17H20BrNO/c1-3-19-17(14-6-5-7-15(18)12-14)13-8-10-16(11-9-13)20-4-2/h5-12,17,19H,3-4H2,1-2H3. The molecule has 0 saturated heterocycles. The van der Waals surface area contributed by atoms with Gasteiger partial charge in [0.1, 0.15) is 5.75 Å². The van der Waals surface area contributed by atoms with Crippen LogP contribution in [0.15, 0.2) is 53.0 Å². The Hall–Kier alpha value is -1.32. The zero-order valence-electron chi connectivity index (χ0n) is 11.9. The quantitative estimate of drug-likeness (QED) is 0.837. The van der Waals surface area contributed by atoms with E-state index in [1.807, 2.05) is 25.1 Å². The molecule has 0 aliphatic rings. The third kappa shape index (κ3) is 3.84. The van der Waals surface area contributed by atoms with E-state index in [0.717, 1.165) is 16.8 Å². The summed E-state index contributed by atoms with van der Waals surface area (Å²) in [6.07, 6.45) is 0. The molecular formula is C17H20BrNO. The summed E-state index contributed by atoms with van der Waals surface area (Å²) in [5, 5.41) is 3.53. The van der Waals surface area contributed by atoms with Gasteiger partial charge in [0.15, 0.2) is 0 Å². The largest absolute Gasteiger partial charge is 0.494 e. The van der Waals surface area contributed by atoms with Crippen LogP contribution in [0.1, 0.15) is 31.0 Å². The first-order valence-electron chi connectivity index (χ1n) is 6.96. The van der Waals surface area contributed by atoms with E-state index in [4.69, 9.17) is 4.74 Å². The number of nitrogens with one attached hydrogen (secondary N) is 1. The van der Waals surface area contributed by atoms with Gasteiger partial charge >= 0.3 is 0 Å². The highest BCUT2D eigenvalue weighted by Crippen LogP contribution is 2.26. The number of rotatable bonds is 6. The third-order valence-corrected chi connectivity index (χ3v) is 3.61. The summed E-state index contributed by atoms with van der Waals surface area (Å²) in [4.78, 5) is 0. The second-order valence-electron chi connectivity index (χ2n) is 4.55. The molecule has 0 aliphatic carbocycles. The molecule has 106 valence electrons. The molecule has 1 N–H and O–H groups in total. The van der Waals surface area contributed by atoms with Crippen LogP contribution < -0.4 is 10.1 Å². The fourth-order valence-electron chi connectivity index (χ4n) is 2.24. The van der Waals surface area contributed by atoms with Crippen molar-refractivity contribution in [2.75, 3.05) is 13.2 Å². The van der Waals surface area contributed by atoms with E-state index < -0.39 is 0 Å². The lowest BCUT2D eigenvalue weighted by Crippen LogP contribution is -2.21. The predicted molar refractivity (Wildman–Crippen MR) is 87.3 cm³/mol. The lowest BCUT2D eigenvalue weighted by Gasteiger charge is -2.19. The van der Waals surface area contributed by atoms with Gasteiger partial charge in [-0.3, -0.25) is 0 Å². The second kappa shape index (κ2) is 7.46. The van der Waals surface area contributed by atoms with Gasteiger partial charge in [-0.25, -0.2) is 0 Å². The van der Waals surface area contributed by atoms with E-state index >= 15 is 0 Å². The minimum Gasteiger partial charge on any atom is -0.494 e. The Labute approximate surface area is 129 Å². The molecule has 2 aromatic carbocycles. The van der Waals surface area contributed by atoms with Crippen LogP contribution in [0, 0.1) is 0 Å². The molecule has 20 heavy (non-hydrogen) atoms. The molecule has 0 aliphatic heterocycles. The molecule has 0 bridgehead atoms. The molecule has 2 aromatic rings. The third-order valence-electron chi connectivity index (χ3n) is 3.11. The first-order chi connectivity index (χ1) is 9.74. The predicted octanol–water partition coefficient (Wildman–Crippen LogP) is 4.55. The van der Waals surface area contributed by atoms with Crippen LogP contribution >= 0.6 is 15.9 Å². The fraction of sp³-hybridized carbons (Fsp3) is 0.294. The van der Waals surface area contributed by atoms with Crippen molar-refractivity contribution in [2.24, 2.45) is 0 Å². The summed E-state index contributed by atoms with van der Waals surface area (Å²) in [6.45, 7) is 5.74. The van der Waals surface area contributed by atoms with Gasteiger partial charge in [0.2, 0.25) is 0 Å². The molecule has 0 saturated carbocycles. The van der Waals surface area contributed by atoms with Gasteiger partial charge in [-0.1, -0.05) is 47.1 Å². The molecular weight excluding hydrogens is 314 g/mol. The van der Waals surface area contributed by atoms with Crippen LogP contribution in [-0.2, 0) is 0 Å². The van der Waals surface area contributed by atoms with Gasteiger partial charge in [-0.2, -0.15) is 0 Å². The molecule has 1 atom stereocenters. The van der Waals surface area contributed by atoms with Gasteiger partial charge in [-0.15, -0.1) is 0 Å². The minimum atomic E-state index is 0.202. The summed E-state index contributed by atoms with van der Waals surface area (Å²) >= 11 is 3.54. The fourth-order valence-corrected chi connectivity index (χ4v) is 2.66. The number of halogens is 1. The molecule has 2 nitrogen and oxygen atoms in total. The van der Waals surface area contributed by atoms with Crippen molar-refractivity contribution in [1.82, 2.24) is 5.32 Å². The Morgan fingerprint density at radius 2 is 1.80 bits per heavy atom. The molecule has 1 unspecified atom stereocenters. The van der Waals surface area contributed by atoms with Gasteiger partial charge in [0.25, 0.3) is 0 Å². The number of benzene rings is 2. The van der Waals surface area contributed by atoms with Crippen LogP contribution in [-0.4, -0.2) is 13.2 Å². The van der Waals surface area contributed by atoms with Crippen LogP contribution in [0.4, 0.5) is 0 Å². The maximum atomic E-state index is 5.50. The van der Waals surface area contributed by atoms with Gasteiger partial charge in [0.05, 0.1) is 12.6 Å². The molecule has 0 amide bonds. The van der Waals surface area contributed by atoms with Crippen LogP contribution in [0.25, 0.3) is 0 Å². The maximum absolute atomic E-state index is 5.50. The smallest absolute Gasteiger partial charge is 0.119 e. The van der Waals surface area contributed by atoms with E-state index in [-0.39, 0.29) is 6.04 Å². The Morgan fingerprint density at radius 1 is 1.05 bits per heavy atom. The highest BCUT2D eigenvalue weighted by atomic mass is 79.9. The Bertz CT molecular complexity index is 539. The molecule has 2 rings (SSSR count). The number of hydrogen-bond donors (Lipinski definition) is 1. The zero-order chi connectivity index (χ0) is 14.4. The average molecular weight is 334 g/mol. The maximum Gasteiger partial charge on any atom is 0.119 e. The van der Waals surface area contributed by atoms with E-state index in [0.29, 0.717) is 6.61 Å². The lowest BCUT2D eigenvalue weighted by atomic mass is 9.98. The van der Waals surface area contributed by atoms with Gasteiger partial charge in [-0.05, 0) is 48.9 Å². The molecule has 0 fully saturated rings. The second-order valence-corrected chi connectivity index (χ2v) is 5.46. The number of hydrogen-bond acceptors (Lipinski definition) is 2. The van der Waals surface area contributed by atoms with Gasteiger partial charge < -0.3 is 10.1 Å². The molecule has 0 radical (unpaired) electrons. The van der Waals surface area contributed by atoms with Gasteiger partial charge in [0, 0.05) is 4.47 Å². The Balaban J connectivity index is 2.28. The van der Waals surface area contributed by atoms with Crippen molar-refractivity contribution in [2.45, 2.75) is 19.9 Å². The topological polar surface area (TPSA) is 21.3 Å². The summed E-state index contributed by atoms with van der Waals surface area (Å²) in [5.74, 6) is 0.917. The Morgan fingerprint density at radius 3 is 2.40 bits per heavy atom. The summed E-state index contributed by atoms with van der Waals surface area (Å²) in [6, 6.07) is 16.9. The molecule has 0 aromatic heterocycles. The van der Waals surface area contributed by atoms with E-state index in [1.165, 1.54) is 11.1 Å². The molecule has 0 heterocycles. The highest BCUT2D eigenvalue weighted by molar-refractivity contribution is 9.10. The summed E-state index contributed by atoms with van der Waals surface area (Å²) < 4.78 is 6.60. The van der Waals surface area contributed by atoms with Crippen molar-refractivity contribution in [3.8, 4) is 5.75 Å². The first kappa shape index (κ1) is 15.1. The highest BCUT2D eigenvalue weighted by Gasteiger charge is 2.13. The van der Waals surface area contributed by atoms with E-state index in [2.05, 4.69) is 58.5 Å². The first-order valence-corrected chi connectivity index (χ1v) is 7.75. The monoisotopic (exact) mass is 333 g/mol.